The van der Waals surface area contributed by atoms with Gasteiger partial charge in [-0.15, -0.1) is 0 Å². The Hall–Kier alpha value is -2.63. The van der Waals surface area contributed by atoms with Crippen LogP contribution in [-0.4, -0.2) is 15.5 Å². The van der Waals surface area contributed by atoms with Crippen molar-refractivity contribution in [1.82, 2.24) is 4.72 Å². The summed E-state index contributed by atoms with van der Waals surface area (Å²) in [6.45, 7) is 4.06. The van der Waals surface area contributed by atoms with Crippen molar-refractivity contribution >= 4 is 10.0 Å². The molecule has 0 saturated carbocycles. The molecule has 0 fully saturated rings. The van der Waals surface area contributed by atoms with Crippen LogP contribution in [0.5, 0.6) is 5.75 Å². The molecule has 0 unspecified atom stereocenters. The molecule has 1 aliphatic rings. The van der Waals surface area contributed by atoms with E-state index in [-0.39, 0.29) is 4.90 Å². The van der Waals surface area contributed by atoms with E-state index >= 15 is 0 Å². The summed E-state index contributed by atoms with van der Waals surface area (Å²) < 4.78 is 35.8. The predicted octanol–water partition coefficient (Wildman–Crippen LogP) is 5.26. The highest BCUT2D eigenvalue weighted by atomic mass is 32.2. The molecule has 1 atom stereocenters. The third-order valence-electron chi connectivity index (χ3n) is 6.06. The molecule has 0 aromatic heterocycles. The highest BCUT2D eigenvalue weighted by molar-refractivity contribution is 7.89. The summed E-state index contributed by atoms with van der Waals surface area (Å²) in [6, 6.07) is 19.0. The fraction of sp³-hybridized carbons (Fsp3) is 0.308. The molecule has 5 heteroatoms. The van der Waals surface area contributed by atoms with E-state index in [0.29, 0.717) is 5.75 Å². The number of hydrogen-bond donors (Lipinski definition) is 1. The standard InChI is InChI=1S/C26H29NO3S/c1-18-13-14-23(19(2)15-18)26(20-9-5-4-6-10-20)27-31(28,29)25-17-22-12-8-7-11-21(22)16-24(25)30-3/h4-6,9-10,13-17,26-27H,7-8,11-12H2,1-3H3/t26-/m1/s1. The Bertz CT molecular complexity index is 1190. The molecule has 0 saturated heterocycles. The van der Waals surface area contributed by atoms with Crippen molar-refractivity contribution in [1.29, 1.82) is 0 Å². The second kappa shape index (κ2) is 8.85. The van der Waals surface area contributed by atoms with E-state index in [1.807, 2.05) is 62.4 Å². The third-order valence-corrected chi connectivity index (χ3v) is 7.50. The minimum atomic E-state index is -3.83. The van der Waals surface area contributed by atoms with Gasteiger partial charge in [0.2, 0.25) is 10.0 Å². The highest BCUT2D eigenvalue weighted by Crippen LogP contribution is 2.34. The van der Waals surface area contributed by atoms with Crippen molar-refractivity contribution < 1.29 is 13.2 Å². The summed E-state index contributed by atoms with van der Waals surface area (Å²) in [5.41, 5.74) is 6.33. The number of fused-ring (bicyclic) bond motifs is 1. The van der Waals surface area contributed by atoms with Gasteiger partial charge in [-0.3, -0.25) is 0 Å². The molecule has 0 radical (unpaired) electrons. The topological polar surface area (TPSA) is 55.4 Å². The van der Waals surface area contributed by atoms with Gasteiger partial charge in [-0.1, -0.05) is 54.1 Å². The second-order valence-corrected chi connectivity index (χ2v) is 9.99. The lowest BCUT2D eigenvalue weighted by atomic mass is 9.92. The van der Waals surface area contributed by atoms with Gasteiger partial charge >= 0.3 is 0 Å². The molecule has 0 spiro atoms. The normalized spacial score (nSPS) is 14.7. The van der Waals surface area contributed by atoms with Gasteiger partial charge in [0.15, 0.2) is 0 Å². The number of nitrogens with one attached hydrogen (secondary N) is 1. The zero-order valence-electron chi connectivity index (χ0n) is 18.3. The summed E-state index contributed by atoms with van der Waals surface area (Å²) in [4.78, 5) is 0.210. The van der Waals surface area contributed by atoms with Gasteiger partial charge in [0.05, 0.1) is 13.2 Å². The summed E-state index contributed by atoms with van der Waals surface area (Å²) >= 11 is 0. The number of methoxy groups -OCH3 is 1. The van der Waals surface area contributed by atoms with E-state index in [4.69, 9.17) is 4.74 Å². The van der Waals surface area contributed by atoms with Gasteiger partial charge in [-0.05, 0) is 79.5 Å². The second-order valence-electron chi connectivity index (χ2n) is 8.30. The van der Waals surface area contributed by atoms with E-state index in [1.54, 1.807) is 6.07 Å². The van der Waals surface area contributed by atoms with Gasteiger partial charge in [0.1, 0.15) is 10.6 Å². The maximum Gasteiger partial charge on any atom is 0.245 e. The van der Waals surface area contributed by atoms with Crippen molar-refractivity contribution in [2.75, 3.05) is 7.11 Å². The maximum absolute atomic E-state index is 13.6. The van der Waals surface area contributed by atoms with Crippen LogP contribution in [0.1, 0.15) is 52.3 Å². The first-order valence-electron chi connectivity index (χ1n) is 10.7. The van der Waals surface area contributed by atoms with Crippen LogP contribution in [0.2, 0.25) is 0 Å². The van der Waals surface area contributed by atoms with Gasteiger partial charge in [-0.25, -0.2) is 8.42 Å². The monoisotopic (exact) mass is 435 g/mol. The zero-order chi connectivity index (χ0) is 22.0. The minimum Gasteiger partial charge on any atom is -0.495 e. The number of hydrogen-bond acceptors (Lipinski definition) is 3. The Morgan fingerprint density at radius 2 is 1.58 bits per heavy atom. The molecule has 1 aliphatic carbocycles. The number of ether oxygens (including phenoxy) is 1. The molecule has 31 heavy (non-hydrogen) atoms. The molecular formula is C26H29NO3S. The number of aryl methyl sites for hydroxylation is 4. The molecule has 0 heterocycles. The van der Waals surface area contributed by atoms with Crippen LogP contribution in [-0.2, 0) is 22.9 Å². The van der Waals surface area contributed by atoms with Crippen LogP contribution >= 0.6 is 0 Å². The Morgan fingerprint density at radius 3 is 2.23 bits per heavy atom. The molecule has 0 aliphatic heterocycles. The SMILES string of the molecule is COc1cc2c(cc1S(=O)(=O)N[C@H](c1ccccc1)c1ccc(C)cc1C)CCCC2. The fourth-order valence-electron chi connectivity index (χ4n) is 4.43. The van der Waals surface area contributed by atoms with Gasteiger partial charge in [-0.2, -0.15) is 4.72 Å². The molecule has 0 bridgehead atoms. The highest BCUT2D eigenvalue weighted by Gasteiger charge is 2.28. The summed E-state index contributed by atoms with van der Waals surface area (Å²) in [7, 11) is -2.30. The Morgan fingerprint density at radius 1 is 0.903 bits per heavy atom. The number of sulfonamides is 1. The minimum absolute atomic E-state index is 0.210. The Kier molecular flexibility index (Phi) is 6.17. The first-order valence-corrected chi connectivity index (χ1v) is 12.2. The van der Waals surface area contributed by atoms with Gasteiger partial charge in [0, 0.05) is 0 Å². The largest absolute Gasteiger partial charge is 0.495 e. The van der Waals surface area contributed by atoms with E-state index in [2.05, 4.69) is 10.8 Å². The van der Waals surface area contributed by atoms with Crippen LogP contribution in [0.4, 0.5) is 0 Å². The lowest BCUT2D eigenvalue weighted by molar-refractivity contribution is 0.400. The smallest absolute Gasteiger partial charge is 0.245 e. The van der Waals surface area contributed by atoms with E-state index < -0.39 is 16.1 Å². The summed E-state index contributed by atoms with van der Waals surface area (Å²) in [5, 5.41) is 0. The fourth-order valence-corrected chi connectivity index (χ4v) is 5.84. The molecule has 0 amide bonds. The summed E-state index contributed by atoms with van der Waals surface area (Å²) in [6.07, 6.45) is 4.08. The number of rotatable bonds is 6. The zero-order valence-corrected chi connectivity index (χ0v) is 19.1. The lowest BCUT2D eigenvalue weighted by Crippen LogP contribution is -2.30. The van der Waals surface area contributed by atoms with E-state index in [0.717, 1.165) is 53.5 Å². The molecule has 3 aromatic rings. The molecule has 4 rings (SSSR count). The van der Waals surface area contributed by atoms with E-state index in [9.17, 15) is 8.42 Å². The first kappa shape index (κ1) is 21.6. The first-order chi connectivity index (χ1) is 14.9. The quantitative estimate of drug-likeness (QED) is 0.575. The molecule has 4 nitrogen and oxygen atoms in total. The molecule has 162 valence electrons. The van der Waals surface area contributed by atoms with Gasteiger partial charge in [0.25, 0.3) is 0 Å². The van der Waals surface area contributed by atoms with Crippen LogP contribution in [0.25, 0.3) is 0 Å². The Balaban J connectivity index is 1.79. The van der Waals surface area contributed by atoms with Crippen molar-refractivity contribution in [3.05, 3.63) is 94.0 Å². The molecule has 3 aromatic carbocycles. The van der Waals surface area contributed by atoms with E-state index in [1.165, 1.54) is 12.7 Å². The molecular weight excluding hydrogens is 406 g/mol. The van der Waals surface area contributed by atoms with Crippen molar-refractivity contribution in [3.8, 4) is 5.75 Å². The van der Waals surface area contributed by atoms with Gasteiger partial charge < -0.3 is 4.74 Å². The number of benzene rings is 3. The van der Waals surface area contributed by atoms with Crippen LogP contribution in [0.3, 0.4) is 0 Å². The summed E-state index contributed by atoms with van der Waals surface area (Å²) in [5.74, 6) is 0.403. The van der Waals surface area contributed by atoms with Crippen molar-refractivity contribution in [2.24, 2.45) is 0 Å². The molecule has 1 N–H and O–H groups in total. The third kappa shape index (κ3) is 4.53. The van der Waals surface area contributed by atoms with Crippen LogP contribution < -0.4 is 9.46 Å². The van der Waals surface area contributed by atoms with Crippen molar-refractivity contribution in [2.45, 2.75) is 50.5 Å². The Labute approximate surface area is 185 Å². The lowest BCUT2D eigenvalue weighted by Gasteiger charge is -2.24. The average Bonchev–Trinajstić information content (AvgIpc) is 2.77. The maximum atomic E-state index is 13.6. The average molecular weight is 436 g/mol. The van der Waals surface area contributed by atoms with Crippen LogP contribution in [0.15, 0.2) is 65.6 Å². The predicted molar refractivity (Wildman–Crippen MR) is 124 cm³/mol. The van der Waals surface area contributed by atoms with Crippen molar-refractivity contribution in [3.63, 3.8) is 0 Å². The van der Waals surface area contributed by atoms with Crippen LogP contribution in [0, 0.1) is 13.8 Å².